The molecule has 0 aliphatic carbocycles. The van der Waals surface area contributed by atoms with Gasteiger partial charge in [0.25, 0.3) is 0 Å². The molecule has 98 valence electrons. The fraction of sp³-hybridized carbons (Fsp3) is 0.200. The van der Waals surface area contributed by atoms with E-state index >= 15 is 0 Å². The Labute approximate surface area is 125 Å². The van der Waals surface area contributed by atoms with Crippen LogP contribution < -0.4 is 10.5 Å². The Morgan fingerprint density at radius 1 is 1.26 bits per heavy atom. The maximum Gasteiger partial charge on any atom is 0.127 e. The van der Waals surface area contributed by atoms with E-state index in [2.05, 4.69) is 15.9 Å². The average Bonchev–Trinajstić information content (AvgIpc) is 2.85. The van der Waals surface area contributed by atoms with Gasteiger partial charge in [-0.15, -0.1) is 0 Å². The van der Waals surface area contributed by atoms with Crippen LogP contribution in [0.15, 0.2) is 40.9 Å². The first-order valence-corrected chi connectivity index (χ1v) is 7.28. The summed E-state index contributed by atoms with van der Waals surface area (Å²) < 4.78 is 6.72. The van der Waals surface area contributed by atoms with Gasteiger partial charge in [-0.1, -0.05) is 39.7 Å². The molecule has 19 heavy (non-hydrogen) atoms. The van der Waals surface area contributed by atoms with Crippen LogP contribution in [0.3, 0.4) is 0 Å². The maximum absolute atomic E-state index is 6.37. The van der Waals surface area contributed by atoms with Crippen LogP contribution in [-0.2, 0) is 6.42 Å². The van der Waals surface area contributed by atoms with E-state index in [1.165, 1.54) is 0 Å². The highest BCUT2D eigenvalue weighted by Crippen LogP contribution is 2.37. The predicted molar refractivity (Wildman–Crippen MR) is 80.8 cm³/mol. The second-order valence-corrected chi connectivity index (χ2v) is 5.97. The molecule has 2 aromatic rings. The lowest BCUT2D eigenvalue weighted by atomic mass is 9.96. The van der Waals surface area contributed by atoms with Crippen LogP contribution in [0.2, 0.25) is 5.02 Å². The summed E-state index contributed by atoms with van der Waals surface area (Å²) in [6.45, 7) is 0.702. The van der Waals surface area contributed by atoms with E-state index in [-0.39, 0.29) is 6.04 Å². The monoisotopic (exact) mass is 337 g/mol. The largest absolute Gasteiger partial charge is 0.493 e. The third kappa shape index (κ3) is 2.50. The second kappa shape index (κ2) is 5.16. The molecule has 3 rings (SSSR count). The van der Waals surface area contributed by atoms with E-state index in [1.807, 2.05) is 36.4 Å². The van der Waals surface area contributed by atoms with Crippen molar-refractivity contribution >= 4 is 27.5 Å². The van der Waals surface area contributed by atoms with Crippen molar-refractivity contribution in [3.8, 4) is 5.75 Å². The molecule has 0 amide bonds. The highest BCUT2D eigenvalue weighted by Gasteiger charge is 2.22. The molecular weight excluding hydrogens is 326 g/mol. The molecular formula is C15H13BrClNO. The van der Waals surface area contributed by atoms with Crippen LogP contribution in [0, 0.1) is 0 Å². The summed E-state index contributed by atoms with van der Waals surface area (Å²) in [5.41, 5.74) is 9.51. The minimum atomic E-state index is -0.233. The Bertz CT molecular complexity index is 630. The van der Waals surface area contributed by atoms with Gasteiger partial charge in [0, 0.05) is 21.5 Å². The lowest BCUT2D eigenvalue weighted by Gasteiger charge is -2.16. The van der Waals surface area contributed by atoms with Gasteiger partial charge in [0.15, 0.2) is 0 Å². The van der Waals surface area contributed by atoms with E-state index in [9.17, 15) is 0 Å². The number of hydrogen-bond acceptors (Lipinski definition) is 2. The first-order valence-electron chi connectivity index (χ1n) is 6.11. The molecule has 1 unspecified atom stereocenters. The minimum Gasteiger partial charge on any atom is -0.493 e. The molecule has 0 radical (unpaired) electrons. The van der Waals surface area contributed by atoms with E-state index in [4.69, 9.17) is 22.1 Å². The predicted octanol–water partition coefficient (Wildman–Crippen LogP) is 4.09. The molecule has 1 aliphatic heterocycles. The molecule has 0 bridgehead atoms. The van der Waals surface area contributed by atoms with E-state index in [1.54, 1.807) is 0 Å². The van der Waals surface area contributed by atoms with Crippen LogP contribution in [0.4, 0.5) is 0 Å². The standard InChI is InChI=1S/C15H13BrClNO/c16-11-3-1-2-9(6-11)14(18)13-8-12(17)7-10-4-5-19-15(10)13/h1-3,6-8,14H,4-5,18H2. The van der Waals surface area contributed by atoms with Crippen LogP contribution in [0.25, 0.3) is 0 Å². The van der Waals surface area contributed by atoms with Crippen molar-refractivity contribution in [1.29, 1.82) is 0 Å². The molecule has 0 aromatic heterocycles. The zero-order valence-corrected chi connectivity index (χ0v) is 12.5. The molecule has 0 spiro atoms. The maximum atomic E-state index is 6.37. The number of halogens is 2. The normalized spacial score (nSPS) is 14.9. The summed E-state index contributed by atoms with van der Waals surface area (Å²) in [4.78, 5) is 0. The first-order chi connectivity index (χ1) is 9.15. The zero-order chi connectivity index (χ0) is 13.4. The summed E-state index contributed by atoms with van der Waals surface area (Å²) in [7, 11) is 0. The van der Waals surface area contributed by atoms with E-state index < -0.39 is 0 Å². The molecule has 1 aliphatic rings. The van der Waals surface area contributed by atoms with Gasteiger partial charge in [-0.05, 0) is 35.4 Å². The van der Waals surface area contributed by atoms with Gasteiger partial charge in [0.2, 0.25) is 0 Å². The zero-order valence-electron chi connectivity index (χ0n) is 10.2. The number of benzene rings is 2. The van der Waals surface area contributed by atoms with Gasteiger partial charge in [0.1, 0.15) is 5.75 Å². The van der Waals surface area contributed by atoms with Crippen LogP contribution >= 0.6 is 27.5 Å². The molecule has 0 fully saturated rings. The summed E-state index contributed by atoms with van der Waals surface area (Å²) in [6.07, 6.45) is 0.897. The highest BCUT2D eigenvalue weighted by molar-refractivity contribution is 9.10. The third-order valence-electron chi connectivity index (χ3n) is 3.32. The number of fused-ring (bicyclic) bond motifs is 1. The van der Waals surface area contributed by atoms with Crippen molar-refractivity contribution in [3.05, 3.63) is 62.6 Å². The Balaban J connectivity index is 2.07. The number of rotatable bonds is 2. The van der Waals surface area contributed by atoms with Gasteiger partial charge in [-0.3, -0.25) is 0 Å². The Hall–Kier alpha value is -1.03. The molecule has 0 saturated heterocycles. The lowest BCUT2D eigenvalue weighted by Crippen LogP contribution is -2.13. The SMILES string of the molecule is NC(c1cccc(Br)c1)c1cc(Cl)cc2c1OCC2. The summed E-state index contributed by atoms with van der Waals surface area (Å²) in [6, 6.07) is 11.6. The average molecular weight is 339 g/mol. The van der Waals surface area contributed by atoms with Crippen molar-refractivity contribution in [3.63, 3.8) is 0 Å². The quantitative estimate of drug-likeness (QED) is 0.895. The Kier molecular flexibility index (Phi) is 3.52. The Morgan fingerprint density at radius 2 is 2.11 bits per heavy atom. The number of hydrogen-bond donors (Lipinski definition) is 1. The van der Waals surface area contributed by atoms with Gasteiger partial charge >= 0.3 is 0 Å². The van der Waals surface area contributed by atoms with Gasteiger partial charge < -0.3 is 10.5 Å². The summed E-state index contributed by atoms with van der Waals surface area (Å²) in [5.74, 6) is 0.900. The minimum absolute atomic E-state index is 0.233. The molecule has 2 nitrogen and oxygen atoms in total. The first kappa shape index (κ1) is 13.0. The summed E-state index contributed by atoms with van der Waals surface area (Å²) in [5, 5.41) is 0.713. The van der Waals surface area contributed by atoms with Crippen molar-refractivity contribution < 1.29 is 4.74 Å². The molecule has 1 heterocycles. The van der Waals surface area contributed by atoms with Crippen molar-refractivity contribution in [2.45, 2.75) is 12.5 Å². The van der Waals surface area contributed by atoms with Crippen LogP contribution in [0.5, 0.6) is 5.75 Å². The lowest BCUT2D eigenvalue weighted by molar-refractivity contribution is 0.352. The smallest absolute Gasteiger partial charge is 0.127 e. The van der Waals surface area contributed by atoms with Crippen molar-refractivity contribution in [1.82, 2.24) is 0 Å². The van der Waals surface area contributed by atoms with Crippen molar-refractivity contribution in [2.24, 2.45) is 5.73 Å². The van der Waals surface area contributed by atoms with Gasteiger partial charge in [-0.25, -0.2) is 0 Å². The fourth-order valence-corrected chi connectivity index (χ4v) is 3.07. The molecule has 2 aromatic carbocycles. The summed E-state index contributed by atoms with van der Waals surface area (Å²) >= 11 is 9.64. The van der Waals surface area contributed by atoms with Crippen molar-refractivity contribution in [2.75, 3.05) is 6.61 Å². The third-order valence-corrected chi connectivity index (χ3v) is 4.03. The molecule has 1 atom stereocenters. The van der Waals surface area contributed by atoms with Gasteiger partial charge in [-0.2, -0.15) is 0 Å². The van der Waals surface area contributed by atoms with Crippen LogP contribution in [0.1, 0.15) is 22.7 Å². The highest BCUT2D eigenvalue weighted by atomic mass is 79.9. The molecule has 0 saturated carbocycles. The Morgan fingerprint density at radius 3 is 2.89 bits per heavy atom. The fourth-order valence-electron chi connectivity index (χ4n) is 2.41. The molecule has 4 heteroatoms. The van der Waals surface area contributed by atoms with Gasteiger partial charge in [0.05, 0.1) is 12.6 Å². The number of ether oxygens (including phenoxy) is 1. The molecule has 2 N–H and O–H groups in total. The van der Waals surface area contributed by atoms with Crippen LogP contribution in [-0.4, -0.2) is 6.61 Å². The second-order valence-electron chi connectivity index (χ2n) is 4.61. The van der Waals surface area contributed by atoms with E-state index in [0.29, 0.717) is 11.6 Å². The van der Waals surface area contributed by atoms with E-state index in [0.717, 1.165) is 33.3 Å². The topological polar surface area (TPSA) is 35.2 Å². The number of nitrogens with two attached hydrogens (primary N) is 1.